The molecule has 0 saturated heterocycles. The average molecular weight is 322 g/mol. The summed E-state index contributed by atoms with van der Waals surface area (Å²) < 4.78 is 5.86. The van der Waals surface area contributed by atoms with Crippen molar-refractivity contribution in [3.05, 3.63) is 39.5 Å². The van der Waals surface area contributed by atoms with Crippen LogP contribution in [0.4, 0.5) is 0 Å². The number of fused-ring (bicyclic) bond motifs is 1. The van der Waals surface area contributed by atoms with Crippen molar-refractivity contribution in [3.63, 3.8) is 0 Å². The van der Waals surface area contributed by atoms with Gasteiger partial charge >= 0.3 is 0 Å². The maximum absolute atomic E-state index is 11.3. The lowest BCUT2D eigenvalue weighted by atomic mass is 10.0. The number of thiophene rings is 1. The Kier molecular flexibility index (Phi) is 4.17. The minimum Gasteiger partial charge on any atom is -0.486 e. The second kappa shape index (κ2) is 6.08. The summed E-state index contributed by atoms with van der Waals surface area (Å²) >= 11 is 8.00. The van der Waals surface area contributed by atoms with E-state index in [1.807, 2.05) is 13.0 Å². The Morgan fingerprint density at radius 3 is 3.05 bits per heavy atom. The number of hydrogen-bond acceptors (Lipinski definition) is 3. The van der Waals surface area contributed by atoms with Gasteiger partial charge in [-0.2, -0.15) is 11.3 Å². The summed E-state index contributed by atoms with van der Waals surface area (Å²) in [5, 5.41) is 7.66. The number of hydrogen-bond donors (Lipinski definition) is 1. The quantitative estimate of drug-likeness (QED) is 0.927. The van der Waals surface area contributed by atoms with Crippen molar-refractivity contribution in [3.8, 4) is 16.9 Å². The summed E-state index contributed by atoms with van der Waals surface area (Å²) in [5.41, 5.74) is 3.40. The van der Waals surface area contributed by atoms with E-state index in [0.717, 1.165) is 23.3 Å². The van der Waals surface area contributed by atoms with Crippen LogP contribution in [0.2, 0.25) is 5.02 Å². The highest BCUT2D eigenvalue weighted by Crippen LogP contribution is 2.39. The van der Waals surface area contributed by atoms with Gasteiger partial charge in [-0.15, -0.1) is 0 Å². The van der Waals surface area contributed by atoms with E-state index in [4.69, 9.17) is 16.3 Å². The first-order chi connectivity index (χ1) is 10.2. The number of ether oxygens (including phenoxy) is 1. The van der Waals surface area contributed by atoms with Crippen LogP contribution in [-0.4, -0.2) is 18.6 Å². The van der Waals surface area contributed by atoms with Gasteiger partial charge in [0.2, 0.25) is 5.91 Å². The molecule has 0 fully saturated rings. The van der Waals surface area contributed by atoms with E-state index in [9.17, 15) is 4.79 Å². The molecule has 3 rings (SSSR count). The molecule has 2 heterocycles. The standard InChI is InChI=1S/C16H16ClNO2S/c1-2-15(19)18-8-13-6-12-5-11(10-3-4-21-9-10)7-14(17)16(12)20-13/h3-5,7,9,13H,2,6,8H2,1H3,(H,18,19)/t13-/m0/s1. The Bertz CT molecular complexity index is 655. The van der Waals surface area contributed by atoms with Crippen LogP contribution in [0.15, 0.2) is 29.0 Å². The Morgan fingerprint density at radius 2 is 2.33 bits per heavy atom. The normalized spacial score (nSPS) is 16.4. The van der Waals surface area contributed by atoms with Gasteiger partial charge in [-0.1, -0.05) is 18.5 Å². The number of benzene rings is 1. The number of carbonyl (C=O) groups is 1. The van der Waals surface area contributed by atoms with E-state index >= 15 is 0 Å². The Morgan fingerprint density at radius 1 is 1.48 bits per heavy atom. The third kappa shape index (κ3) is 3.06. The van der Waals surface area contributed by atoms with Gasteiger partial charge < -0.3 is 10.1 Å². The SMILES string of the molecule is CCC(=O)NC[C@@H]1Cc2cc(-c3ccsc3)cc(Cl)c2O1. The highest BCUT2D eigenvalue weighted by atomic mass is 35.5. The van der Waals surface area contributed by atoms with Gasteiger partial charge in [0.1, 0.15) is 11.9 Å². The predicted octanol–water partition coefficient (Wildman–Crippen LogP) is 3.90. The second-order valence-corrected chi connectivity index (χ2v) is 6.25. The van der Waals surface area contributed by atoms with Gasteiger partial charge in [0.25, 0.3) is 0 Å². The van der Waals surface area contributed by atoms with E-state index < -0.39 is 0 Å². The molecule has 1 aromatic carbocycles. The summed E-state index contributed by atoms with van der Waals surface area (Å²) in [4.78, 5) is 11.3. The smallest absolute Gasteiger partial charge is 0.219 e. The van der Waals surface area contributed by atoms with Gasteiger partial charge in [-0.25, -0.2) is 0 Å². The van der Waals surface area contributed by atoms with Crippen LogP contribution in [0, 0.1) is 0 Å². The molecule has 1 aliphatic rings. The van der Waals surface area contributed by atoms with E-state index in [0.29, 0.717) is 18.0 Å². The van der Waals surface area contributed by atoms with Crippen molar-refractivity contribution in [1.82, 2.24) is 5.32 Å². The Labute approximate surface area is 132 Å². The molecular weight excluding hydrogens is 306 g/mol. The third-order valence-corrected chi connectivity index (χ3v) is 4.52. The highest BCUT2D eigenvalue weighted by Gasteiger charge is 2.26. The van der Waals surface area contributed by atoms with Gasteiger partial charge in [0.15, 0.2) is 0 Å². The molecule has 0 bridgehead atoms. The number of rotatable bonds is 4. The summed E-state index contributed by atoms with van der Waals surface area (Å²) in [5.74, 6) is 0.797. The summed E-state index contributed by atoms with van der Waals surface area (Å²) in [6.45, 7) is 2.36. The van der Waals surface area contributed by atoms with Crippen molar-refractivity contribution in [2.45, 2.75) is 25.9 Å². The molecule has 0 spiro atoms. The first-order valence-electron chi connectivity index (χ1n) is 6.95. The maximum Gasteiger partial charge on any atom is 0.219 e. The summed E-state index contributed by atoms with van der Waals surface area (Å²) in [7, 11) is 0. The van der Waals surface area contributed by atoms with Crippen LogP contribution >= 0.6 is 22.9 Å². The molecule has 2 aromatic rings. The van der Waals surface area contributed by atoms with Crippen molar-refractivity contribution in [2.24, 2.45) is 0 Å². The number of halogens is 1. The lowest BCUT2D eigenvalue weighted by Crippen LogP contribution is -2.33. The molecule has 1 amide bonds. The van der Waals surface area contributed by atoms with Crippen LogP contribution in [0.5, 0.6) is 5.75 Å². The van der Waals surface area contributed by atoms with E-state index in [2.05, 4.69) is 28.2 Å². The molecule has 110 valence electrons. The first kappa shape index (κ1) is 14.4. The van der Waals surface area contributed by atoms with Gasteiger partial charge in [0.05, 0.1) is 11.6 Å². The van der Waals surface area contributed by atoms with E-state index in [1.165, 1.54) is 5.56 Å². The minimum absolute atomic E-state index is 0.0364. The minimum atomic E-state index is -0.0364. The number of carbonyl (C=O) groups excluding carboxylic acids is 1. The van der Waals surface area contributed by atoms with Crippen molar-refractivity contribution < 1.29 is 9.53 Å². The van der Waals surface area contributed by atoms with Crippen molar-refractivity contribution >= 4 is 28.8 Å². The second-order valence-electron chi connectivity index (χ2n) is 5.06. The molecule has 1 aromatic heterocycles. The molecule has 1 aliphatic heterocycles. The first-order valence-corrected chi connectivity index (χ1v) is 8.27. The lowest BCUT2D eigenvalue weighted by Gasteiger charge is -2.11. The van der Waals surface area contributed by atoms with Crippen LogP contribution in [-0.2, 0) is 11.2 Å². The number of nitrogens with one attached hydrogen (secondary N) is 1. The van der Waals surface area contributed by atoms with Gasteiger partial charge in [-0.3, -0.25) is 4.79 Å². The van der Waals surface area contributed by atoms with Gasteiger partial charge in [0, 0.05) is 18.4 Å². The molecule has 1 atom stereocenters. The predicted molar refractivity (Wildman–Crippen MR) is 86.2 cm³/mol. The molecule has 0 aliphatic carbocycles. The molecule has 0 radical (unpaired) electrons. The molecule has 21 heavy (non-hydrogen) atoms. The van der Waals surface area contributed by atoms with Crippen LogP contribution in [0.25, 0.3) is 11.1 Å². The molecule has 1 N–H and O–H groups in total. The highest BCUT2D eigenvalue weighted by molar-refractivity contribution is 7.08. The molecular formula is C16H16ClNO2S. The zero-order valence-corrected chi connectivity index (χ0v) is 13.3. The largest absolute Gasteiger partial charge is 0.486 e. The average Bonchev–Trinajstić information content (AvgIpc) is 3.13. The molecule has 5 heteroatoms. The Balaban J connectivity index is 1.77. The van der Waals surface area contributed by atoms with E-state index in [-0.39, 0.29) is 12.0 Å². The van der Waals surface area contributed by atoms with Gasteiger partial charge in [-0.05, 0) is 40.1 Å². The van der Waals surface area contributed by atoms with Crippen LogP contribution in [0.1, 0.15) is 18.9 Å². The monoisotopic (exact) mass is 321 g/mol. The zero-order valence-electron chi connectivity index (χ0n) is 11.7. The van der Waals surface area contributed by atoms with Crippen molar-refractivity contribution in [1.29, 1.82) is 0 Å². The molecule has 0 saturated carbocycles. The number of amides is 1. The van der Waals surface area contributed by atoms with E-state index in [1.54, 1.807) is 11.3 Å². The summed E-state index contributed by atoms with van der Waals surface area (Å²) in [6.07, 6.45) is 1.23. The topological polar surface area (TPSA) is 38.3 Å². The maximum atomic E-state index is 11.3. The molecule has 3 nitrogen and oxygen atoms in total. The lowest BCUT2D eigenvalue weighted by molar-refractivity contribution is -0.121. The third-order valence-electron chi connectivity index (χ3n) is 3.56. The van der Waals surface area contributed by atoms with Crippen molar-refractivity contribution in [2.75, 3.05) is 6.54 Å². The fourth-order valence-corrected chi connectivity index (χ4v) is 3.40. The fraction of sp³-hybridized carbons (Fsp3) is 0.312. The fourth-order valence-electron chi connectivity index (χ4n) is 2.45. The Hall–Kier alpha value is -1.52. The van der Waals surface area contributed by atoms with Crippen LogP contribution < -0.4 is 10.1 Å². The van der Waals surface area contributed by atoms with Crippen LogP contribution in [0.3, 0.4) is 0 Å². The summed E-state index contributed by atoms with van der Waals surface area (Å²) in [6, 6.07) is 6.15. The zero-order chi connectivity index (χ0) is 14.8. The molecule has 0 unspecified atom stereocenters.